The molecule has 106 valence electrons. The Balaban J connectivity index is 2.41. The quantitative estimate of drug-likeness (QED) is 0.912. The van der Waals surface area contributed by atoms with Crippen LogP contribution in [0.1, 0.15) is 45.1 Å². The normalized spacial score (nSPS) is 17.8. The second-order valence-electron chi connectivity index (χ2n) is 5.51. The minimum atomic E-state index is -0.319. The van der Waals surface area contributed by atoms with Crippen molar-refractivity contribution in [3.05, 3.63) is 22.7 Å². The maximum Gasteiger partial charge on any atom is 0.163 e. The number of ether oxygens (including phenoxy) is 2. The van der Waals surface area contributed by atoms with E-state index in [1.165, 1.54) is 0 Å². The summed E-state index contributed by atoms with van der Waals surface area (Å²) in [6.07, 6.45) is 4.33. The fraction of sp³-hybridized carbons (Fsp3) is 0.600. The van der Waals surface area contributed by atoms with E-state index >= 15 is 0 Å². The molecular formula is C15H22ClNO2. The second kappa shape index (κ2) is 5.59. The minimum Gasteiger partial charge on any atom is -0.493 e. The Hall–Kier alpha value is -0.930. The van der Waals surface area contributed by atoms with Gasteiger partial charge in [-0.1, -0.05) is 24.4 Å². The first kappa shape index (κ1) is 14.5. The Morgan fingerprint density at radius 1 is 1.21 bits per heavy atom. The first-order valence-electron chi connectivity index (χ1n) is 6.80. The fourth-order valence-corrected chi connectivity index (χ4v) is 3.04. The molecule has 0 atom stereocenters. The van der Waals surface area contributed by atoms with Crippen molar-refractivity contribution in [1.82, 2.24) is 0 Å². The Morgan fingerprint density at radius 2 is 1.84 bits per heavy atom. The molecule has 0 aromatic heterocycles. The summed E-state index contributed by atoms with van der Waals surface area (Å²) in [5.74, 6) is 1.37. The Labute approximate surface area is 120 Å². The number of methoxy groups -OCH3 is 1. The van der Waals surface area contributed by atoms with Crippen LogP contribution >= 0.6 is 11.6 Å². The number of nitrogens with two attached hydrogens (primary N) is 1. The highest BCUT2D eigenvalue weighted by molar-refractivity contribution is 6.31. The van der Waals surface area contributed by atoms with Crippen LogP contribution < -0.4 is 15.2 Å². The SMILES string of the molecule is COc1cc(C2(N)CCCC2)c(Cl)cc1OC(C)C. The smallest absolute Gasteiger partial charge is 0.163 e. The number of hydrogen-bond acceptors (Lipinski definition) is 3. The van der Waals surface area contributed by atoms with Gasteiger partial charge >= 0.3 is 0 Å². The maximum absolute atomic E-state index is 6.48. The summed E-state index contributed by atoms with van der Waals surface area (Å²) < 4.78 is 11.1. The molecule has 0 saturated heterocycles. The molecule has 2 rings (SSSR count). The summed E-state index contributed by atoms with van der Waals surface area (Å²) in [5, 5.41) is 0.667. The van der Waals surface area contributed by atoms with Crippen molar-refractivity contribution in [2.45, 2.75) is 51.2 Å². The molecule has 0 radical (unpaired) electrons. The van der Waals surface area contributed by atoms with Crippen molar-refractivity contribution in [2.24, 2.45) is 5.73 Å². The third kappa shape index (κ3) is 2.98. The van der Waals surface area contributed by atoms with E-state index in [1.807, 2.05) is 26.0 Å². The van der Waals surface area contributed by atoms with Crippen LogP contribution in [0.4, 0.5) is 0 Å². The van der Waals surface area contributed by atoms with E-state index in [-0.39, 0.29) is 11.6 Å². The third-order valence-electron chi connectivity index (χ3n) is 3.65. The zero-order valence-corrected chi connectivity index (χ0v) is 12.6. The summed E-state index contributed by atoms with van der Waals surface area (Å²) in [6.45, 7) is 3.95. The van der Waals surface area contributed by atoms with E-state index < -0.39 is 0 Å². The van der Waals surface area contributed by atoms with Gasteiger partial charge in [-0.2, -0.15) is 0 Å². The van der Waals surface area contributed by atoms with Gasteiger partial charge in [0.15, 0.2) is 11.5 Å². The molecule has 1 aromatic rings. The Kier molecular flexibility index (Phi) is 4.26. The molecule has 3 nitrogen and oxygen atoms in total. The molecule has 19 heavy (non-hydrogen) atoms. The molecule has 1 aliphatic carbocycles. The molecule has 0 amide bonds. The summed E-state index contributed by atoms with van der Waals surface area (Å²) in [5.41, 5.74) is 7.13. The van der Waals surface area contributed by atoms with Gasteiger partial charge in [-0.25, -0.2) is 0 Å². The van der Waals surface area contributed by atoms with Crippen LogP contribution in [0.15, 0.2) is 12.1 Å². The zero-order chi connectivity index (χ0) is 14.0. The van der Waals surface area contributed by atoms with Gasteiger partial charge in [0.25, 0.3) is 0 Å². The molecule has 2 N–H and O–H groups in total. The molecule has 1 saturated carbocycles. The average molecular weight is 284 g/mol. The zero-order valence-electron chi connectivity index (χ0n) is 11.8. The van der Waals surface area contributed by atoms with Crippen LogP contribution in [-0.4, -0.2) is 13.2 Å². The topological polar surface area (TPSA) is 44.5 Å². The molecule has 0 aliphatic heterocycles. The van der Waals surface area contributed by atoms with Gasteiger partial charge in [0.2, 0.25) is 0 Å². The molecule has 1 aliphatic rings. The van der Waals surface area contributed by atoms with Crippen molar-refractivity contribution in [2.75, 3.05) is 7.11 Å². The third-order valence-corrected chi connectivity index (χ3v) is 3.96. The van der Waals surface area contributed by atoms with Gasteiger partial charge in [-0.15, -0.1) is 0 Å². The van der Waals surface area contributed by atoms with Crippen LogP contribution in [0, 0.1) is 0 Å². The van der Waals surface area contributed by atoms with Crippen molar-refractivity contribution in [1.29, 1.82) is 0 Å². The van der Waals surface area contributed by atoms with Crippen LogP contribution in [0.2, 0.25) is 5.02 Å². The second-order valence-corrected chi connectivity index (χ2v) is 5.92. The average Bonchev–Trinajstić information content (AvgIpc) is 2.76. The van der Waals surface area contributed by atoms with Gasteiger partial charge in [0.1, 0.15) is 0 Å². The van der Waals surface area contributed by atoms with Crippen molar-refractivity contribution >= 4 is 11.6 Å². The largest absolute Gasteiger partial charge is 0.493 e. The molecule has 1 fully saturated rings. The fourth-order valence-electron chi connectivity index (χ4n) is 2.70. The van der Waals surface area contributed by atoms with Crippen LogP contribution in [0.25, 0.3) is 0 Å². The maximum atomic E-state index is 6.48. The number of halogens is 1. The van der Waals surface area contributed by atoms with Crippen LogP contribution in [-0.2, 0) is 5.54 Å². The lowest BCUT2D eigenvalue weighted by atomic mass is 9.89. The molecule has 0 unspecified atom stereocenters. The minimum absolute atomic E-state index is 0.0779. The highest BCUT2D eigenvalue weighted by Crippen LogP contribution is 2.43. The number of benzene rings is 1. The highest BCUT2D eigenvalue weighted by Gasteiger charge is 2.34. The monoisotopic (exact) mass is 283 g/mol. The van der Waals surface area contributed by atoms with Gasteiger partial charge in [-0.05, 0) is 38.3 Å². The van der Waals surface area contributed by atoms with E-state index in [2.05, 4.69) is 0 Å². The number of hydrogen-bond donors (Lipinski definition) is 1. The first-order chi connectivity index (χ1) is 8.96. The molecule has 0 spiro atoms. The van der Waals surface area contributed by atoms with E-state index in [0.717, 1.165) is 31.2 Å². The van der Waals surface area contributed by atoms with Crippen molar-refractivity contribution in [3.8, 4) is 11.5 Å². The molecule has 1 aromatic carbocycles. The molecule has 4 heteroatoms. The van der Waals surface area contributed by atoms with Gasteiger partial charge < -0.3 is 15.2 Å². The highest BCUT2D eigenvalue weighted by atomic mass is 35.5. The predicted molar refractivity (Wildman–Crippen MR) is 78.1 cm³/mol. The van der Waals surface area contributed by atoms with Crippen LogP contribution in [0.5, 0.6) is 11.5 Å². The molecule has 0 bridgehead atoms. The van der Waals surface area contributed by atoms with Gasteiger partial charge in [0.05, 0.1) is 13.2 Å². The standard InChI is InChI=1S/C15H22ClNO2/c1-10(2)19-14-9-12(16)11(8-13(14)18-3)15(17)6-4-5-7-15/h8-10H,4-7,17H2,1-3H3. The summed E-state index contributed by atoms with van der Waals surface area (Å²) in [4.78, 5) is 0. The van der Waals surface area contributed by atoms with E-state index in [1.54, 1.807) is 7.11 Å². The predicted octanol–water partition coefficient (Wildman–Crippen LogP) is 3.86. The lowest BCUT2D eigenvalue weighted by molar-refractivity contribution is 0.230. The Morgan fingerprint density at radius 3 is 2.37 bits per heavy atom. The van der Waals surface area contributed by atoms with E-state index in [4.69, 9.17) is 26.8 Å². The van der Waals surface area contributed by atoms with Crippen molar-refractivity contribution in [3.63, 3.8) is 0 Å². The van der Waals surface area contributed by atoms with Gasteiger partial charge in [0, 0.05) is 16.6 Å². The Bertz CT molecular complexity index is 454. The summed E-state index contributed by atoms with van der Waals surface area (Å²) >= 11 is 6.40. The van der Waals surface area contributed by atoms with E-state index in [9.17, 15) is 0 Å². The number of rotatable bonds is 4. The summed E-state index contributed by atoms with van der Waals surface area (Å²) in [7, 11) is 1.64. The molecular weight excluding hydrogens is 262 g/mol. The van der Waals surface area contributed by atoms with E-state index in [0.29, 0.717) is 16.5 Å². The van der Waals surface area contributed by atoms with Gasteiger partial charge in [-0.3, -0.25) is 0 Å². The van der Waals surface area contributed by atoms with Crippen LogP contribution in [0.3, 0.4) is 0 Å². The first-order valence-corrected chi connectivity index (χ1v) is 7.17. The molecule has 0 heterocycles. The summed E-state index contributed by atoms with van der Waals surface area (Å²) in [6, 6.07) is 3.76. The lowest BCUT2D eigenvalue weighted by Crippen LogP contribution is -2.33. The lowest BCUT2D eigenvalue weighted by Gasteiger charge is -2.27. The van der Waals surface area contributed by atoms with Crippen molar-refractivity contribution < 1.29 is 9.47 Å².